The predicted octanol–water partition coefficient (Wildman–Crippen LogP) is 6.84. The van der Waals surface area contributed by atoms with E-state index in [2.05, 4.69) is 5.32 Å². The van der Waals surface area contributed by atoms with Gasteiger partial charge in [-0.1, -0.05) is 62.4 Å². The standard InChI is InChI=1S/C37H33F3N2O6/c1-3-22-8-5-9-23(4-2)32(22)42-33(44)29-30(34(42)45)36(35(46)47,20-21-14-16-26(43)17-15-21)41-31(29)24-10-6-12-27(18-24)48-28-13-7-11-25(19-28)37(38,39)40/h5-19,29-31,41,43H,3-4,20H2,1-2H3,(H,46,47). The van der Waals surface area contributed by atoms with Crippen LogP contribution in [0.5, 0.6) is 17.2 Å². The second-order valence-corrected chi connectivity index (χ2v) is 12.1. The maximum Gasteiger partial charge on any atom is 0.416 e. The van der Waals surface area contributed by atoms with Crippen LogP contribution < -0.4 is 15.0 Å². The molecule has 4 atom stereocenters. The number of carbonyl (C=O) groups excluding carboxylic acids is 2. The summed E-state index contributed by atoms with van der Waals surface area (Å²) in [7, 11) is 0. The zero-order valence-electron chi connectivity index (χ0n) is 26.1. The first-order valence-electron chi connectivity index (χ1n) is 15.6. The van der Waals surface area contributed by atoms with Gasteiger partial charge in [0.2, 0.25) is 11.8 Å². The molecule has 11 heteroatoms. The summed E-state index contributed by atoms with van der Waals surface area (Å²) < 4.78 is 45.8. The zero-order chi connectivity index (χ0) is 34.4. The van der Waals surface area contributed by atoms with Crippen LogP contribution in [-0.4, -0.2) is 33.5 Å². The molecule has 48 heavy (non-hydrogen) atoms. The number of alkyl halides is 3. The first-order chi connectivity index (χ1) is 22.9. The number of nitrogens with one attached hydrogen (secondary N) is 1. The molecule has 0 saturated carbocycles. The number of benzene rings is 4. The summed E-state index contributed by atoms with van der Waals surface area (Å²) in [5, 5.41) is 23.9. The van der Waals surface area contributed by atoms with Crippen molar-refractivity contribution in [2.45, 2.75) is 50.9 Å². The number of halogens is 3. The molecule has 2 saturated heterocycles. The Kier molecular flexibility index (Phi) is 8.51. The molecule has 2 aliphatic heterocycles. The lowest BCUT2D eigenvalue weighted by Gasteiger charge is -2.32. The Hall–Kier alpha value is -5.16. The van der Waals surface area contributed by atoms with Gasteiger partial charge in [-0.3, -0.25) is 19.7 Å². The SMILES string of the molecule is CCc1cccc(CC)c1N1C(=O)C2C(c3cccc(Oc4cccc(C(F)(F)F)c4)c3)NC(Cc3ccc(O)cc3)(C(=O)O)C2C1=O. The molecule has 4 aromatic rings. The number of ether oxygens (including phenoxy) is 1. The van der Waals surface area contributed by atoms with Crippen molar-refractivity contribution in [3.63, 3.8) is 0 Å². The lowest BCUT2D eigenvalue weighted by molar-refractivity contribution is -0.148. The number of aryl methyl sites for hydroxylation is 2. The molecule has 2 aliphatic rings. The van der Waals surface area contributed by atoms with Crippen LogP contribution in [0.2, 0.25) is 0 Å². The Labute approximate surface area is 274 Å². The molecular formula is C37H33F3N2O6. The van der Waals surface area contributed by atoms with E-state index in [1.54, 1.807) is 24.3 Å². The second-order valence-electron chi connectivity index (χ2n) is 12.1. The summed E-state index contributed by atoms with van der Waals surface area (Å²) in [5.41, 5.74) is 0.144. The molecule has 0 aliphatic carbocycles. The maximum absolute atomic E-state index is 14.5. The first-order valence-corrected chi connectivity index (χ1v) is 15.6. The van der Waals surface area contributed by atoms with Crippen molar-refractivity contribution in [2.24, 2.45) is 11.8 Å². The average molecular weight is 659 g/mol. The van der Waals surface area contributed by atoms with Crippen molar-refractivity contribution in [3.8, 4) is 17.2 Å². The van der Waals surface area contributed by atoms with Gasteiger partial charge in [-0.05, 0) is 77.6 Å². The molecule has 0 radical (unpaired) electrons. The summed E-state index contributed by atoms with van der Waals surface area (Å²) in [4.78, 5) is 43.6. The zero-order valence-corrected chi connectivity index (χ0v) is 26.1. The van der Waals surface area contributed by atoms with Crippen LogP contribution in [-0.2, 0) is 39.8 Å². The molecule has 2 heterocycles. The summed E-state index contributed by atoms with van der Waals surface area (Å²) in [6.45, 7) is 3.83. The van der Waals surface area contributed by atoms with Crippen molar-refractivity contribution < 1.29 is 42.5 Å². The number of anilines is 1. The van der Waals surface area contributed by atoms with Crippen molar-refractivity contribution in [1.29, 1.82) is 0 Å². The van der Waals surface area contributed by atoms with Crippen LogP contribution in [0.4, 0.5) is 18.9 Å². The molecule has 3 N–H and O–H groups in total. The number of fused-ring (bicyclic) bond motifs is 1. The number of rotatable bonds is 9. The molecule has 2 amide bonds. The number of hydrogen-bond acceptors (Lipinski definition) is 6. The van der Waals surface area contributed by atoms with Crippen LogP contribution in [0, 0.1) is 11.8 Å². The molecule has 0 bridgehead atoms. The van der Waals surface area contributed by atoms with E-state index in [1.807, 2.05) is 32.0 Å². The number of nitrogens with zero attached hydrogens (tertiary/aromatic N) is 1. The fourth-order valence-corrected chi connectivity index (χ4v) is 7.03. The lowest BCUT2D eigenvalue weighted by Crippen LogP contribution is -2.57. The molecule has 4 aromatic carbocycles. The van der Waals surface area contributed by atoms with Gasteiger partial charge < -0.3 is 14.9 Å². The number of para-hydroxylation sites is 1. The quantitative estimate of drug-likeness (QED) is 0.169. The Morgan fingerprint density at radius 3 is 2.08 bits per heavy atom. The van der Waals surface area contributed by atoms with Crippen LogP contribution in [0.3, 0.4) is 0 Å². The van der Waals surface area contributed by atoms with E-state index in [9.17, 15) is 37.8 Å². The van der Waals surface area contributed by atoms with Gasteiger partial charge >= 0.3 is 12.1 Å². The monoisotopic (exact) mass is 658 g/mol. The highest BCUT2D eigenvalue weighted by atomic mass is 19.4. The molecule has 4 unspecified atom stereocenters. The second kappa shape index (κ2) is 12.5. The fraction of sp³-hybridized carbons (Fsp3) is 0.270. The van der Waals surface area contributed by atoms with Gasteiger partial charge in [0.05, 0.1) is 23.1 Å². The van der Waals surface area contributed by atoms with E-state index in [-0.39, 0.29) is 23.7 Å². The summed E-state index contributed by atoms with van der Waals surface area (Å²) in [5.74, 6) is -4.87. The van der Waals surface area contributed by atoms with Crippen LogP contribution in [0.1, 0.15) is 47.7 Å². The number of amides is 2. The van der Waals surface area contributed by atoms with Crippen molar-refractivity contribution in [2.75, 3.05) is 4.90 Å². The molecule has 8 nitrogen and oxygen atoms in total. The number of hydrogen-bond donors (Lipinski definition) is 3. The third-order valence-electron chi connectivity index (χ3n) is 9.26. The van der Waals surface area contributed by atoms with E-state index in [4.69, 9.17) is 4.74 Å². The minimum absolute atomic E-state index is 0.0163. The Morgan fingerprint density at radius 1 is 0.875 bits per heavy atom. The Balaban J connectivity index is 1.46. The third kappa shape index (κ3) is 5.68. The highest BCUT2D eigenvalue weighted by Gasteiger charge is 2.68. The van der Waals surface area contributed by atoms with Crippen LogP contribution >= 0.6 is 0 Å². The van der Waals surface area contributed by atoms with E-state index >= 15 is 0 Å². The number of phenolic OH excluding ortho intramolecular Hbond substituents is 1. The van der Waals surface area contributed by atoms with Gasteiger partial charge in [0.15, 0.2) is 0 Å². The largest absolute Gasteiger partial charge is 0.508 e. The highest BCUT2D eigenvalue weighted by Crippen LogP contribution is 2.52. The van der Waals surface area contributed by atoms with Crippen molar-refractivity contribution in [1.82, 2.24) is 5.32 Å². The Morgan fingerprint density at radius 2 is 1.48 bits per heavy atom. The third-order valence-corrected chi connectivity index (χ3v) is 9.26. The lowest BCUT2D eigenvalue weighted by atomic mass is 9.76. The van der Waals surface area contributed by atoms with E-state index in [0.29, 0.717) is 29.7 Å². The smallest absolute Gasteiger partial charge is 0.416 e. The van der Waals surface area contributed by atoms with E-state index in [0.717, 1.165) is 28.2 Å². The van der Waals surface area contributed by atoms with Gasteiger partial charge in [-0.25, -0.2) is 4.90 Å². The fourth-order valence-electron chi connectivity index (χ4n) is 7.03. The summed E-state index contributed by atoms with van der Waals surface area (Å²) in [6.07, 6.45) is -3.69. The number of carboxylic acids is 1. The van der Waals surface area contributed by atoms with E-state index < -0.39 is 52.9 Å². The molecule has 6 rings (SSSR count). The van der Waals surface area contributed by atoms with Gasteiger partial charge in [0.25, 0.3) is 0 Å². The molecule has 0 spiro atoms. The molecular weight excluding hydrogens is 625 g/mol. The first kappa shape index (κ1) is 32.8. The number of phenols is 1. The van der Waals surface area contributed by atoms with Gasteiger partial charge in [-0.2, -0.15) is 13.2 Å². The van der Waals surface area contributed by atoms with Gasteiger partial charge in [0, 0.05) is 12.5 Å². The number of carbonyl (C=O) groups is 3. The minimum atomic E-state index is -4.57. The molecule has 0 aromatic heterocycles. The maximum atomic E-state index is 14.5. The number of carboxylic acid groups (broad SMARTS) is 1. The average Bonchev–Trinajstić information content (AvgIpc) is 3.54. The van der Waals surface area contributed by atoms with Crippen molar-refractivity contribution in [3.05, 3.63) is 119 Å². The molecule has 248 valence electrons. The van der Waals surface area contributed by atoms with Crippen molar-refractivity contribution >= 4 is 23.5 Å². The van der Waals surface area contributed by atoms with Crippen LogP contribution in [0.15, 0.2) is 91.0 Å². The van der Waals surface area contributed by atoms with E-state index in [1.165, 1.54) is 36.4 Å². The molecule has 2 fully saturated rings. The Bertz CT molecular complexity index is 1870. The number of imide groups is 1. The highest BCUT2D eigenvalue weighted by molar-refractivity contribution is 6.25. The minimum Gasteiger partial charge on any atom is -0.508 e. The summed E-state index contributed by atoms with van der Waals surface area (Å²) >= 11 is 0. The predicted molar refractivity (Wildman–Crippen MR) is 171 cm³/mol. The van der Waals surface area contributed by atoms with Crippen LogP contribution in [0.25, 0.3) is 0 Å². The van der Waals surface area contributed by atoms with Gasteiger partial charge in [-0.15, -0.1) is 0 Å². The number of aromatic hydroxyl groups is 1. The summed E-state index contributed by atoms with van der Waals surface area (Å²) in [6, 6.07) is 21.3. The topological polar surface area (TPSA) is 116 Å². The normalized spacial score (nSPS) is 22.2. The number of aliphatic carboxylic acids is 1. The van der Waals surface area contributed by atoms with Gasteiger partial charge in [0.1, 0.15) is 22.8 Å².